The molecular weight excluding hydrogens is 419 g/mol. The van der Waals surface area contributed by atoms with Gasteiger partial charge in [-0.05, 0) is 43.5 Å². The van der Waals surface area contributed by atoms with Crippen LogP contribution in [0.3, 0.4) is 0 Å². The molecule has 1 unspecified atom stereocenters. The number of amides is 1. The largest absolute Gasteiger partial charge is 0.352 e. The summed E-state index contributed by atoms with van der Waals surface area (Å²) in [6.45, 7) is 1.93. The lowest BCUT2D eigenvalue weighted by Crippen LogP contribution is -2.38. The van der Waals surface area contributed by atoms with Crippen molar-refractivity contribution in [1.29, 1.82) is 0 Å². The zero-order valence-corrected chi connectivity index (χ0v) is 18.6. The van der Waals surface area contributed by atoms with E-state index in [2.05, 4.69) is 10.3 Å². The first-order chi connectivity index (χ1) is 16.0. The molecule has 2 heterocycles. The number of benzene rings is 2. The first kappa shape index (κ1) is 21.4. The number of hydrogen-bond donors (Lipinski definition) is 1. The molecule has 1 saturated carbocycles. The lowest BCUT2D eigenvalue weighted by molar-refractivity contribution is -0.122. The minimum atomic E-state index is -0.406. The second kappa shape index (κ2) is 8.81. The second-order valence-corrected chi connectivity index (χ2v) is 8.89. The molecule has 1 N–H and O–H groups in total. The van der Waals surface area contributed by atoms with Gasteiger partial charge in [-0.3, -0.25) is 14.2 Å². The van der Waals surface area contributed by atoms with Crippen LogP contribution in [0.5, 0.6) is 0 Å². The Morgan fingerprint density at radius 3 is 2.67 bits per heavy atom. The summed E-state index contributed by atoms with van der Waals surface area (Å²) in [6, 6.07) is 14.0. The minimum Gasteiger partial charge on any atom is -0.352 e. The Labute approximate surface area is 191 Å². The van der Waals surface area contributed by atoms with Crippen LogP contribution in [0.4, 0.5) is 4.39 Å². The summed E-state index contributed by atoms with van der Waals surface area (Å²) in [5.41, 5.74) is 2.08. The van der Waals surface area contributed by atoms with Gasteiger partial charge in [0.05, 0.1) is 17.9 Å². The van der Waals surface area contributed by atoms with Gasteiger partial charge >= 0.3 is 0 Å². The number of nitrogens with one attached hydrogen (secondary N) is 1. The Morgan fingerprint density at radius 2 is 1.91 bits per heavy atom. The normalized spacial score (nSPS) is 15.7. The summed E-state index contributed by atoms with van der Waals surface area (Å²) in [6.07, 6.45) is 6.91. The highest BCUT2D eigenvalue weighted by molar-refractivity contribution is 6.06. The third kappa shape index (κ3) is 4.03. The van der Waals surface area contributed by atoms with Crippen LogP contribution in [0.15, 0.2) is 59.7 Å². The van der Waals surface area contributed by atoms with Crippen LogP contribution < -0.4 is 10.9 Å². The van der Waals surface area contributed by atoms with Crippen LogP contribution in [-0.2, 0) is 11.3 Å². The van der Waals surface area contributed by atoms with Crippen molar-refractivity contribution in [2.45, 2.75) is 57.7 Å². The van der Waals surface area contributed by atoms with Crippen molar-refractivity contribution in [3.63, 3.8) is 0 Å². The van der Waals surface area contributed by atoms with E-state index in [-0.39, 0.29) is 30.1 Å². The van der Waals surface area contributed by atoms with Crippen LogP contribution in [-0.4, -0.2) is 26.1 Å². The molecule has 2 aromatic heterocycles. The van der Waals surface area contributed by atoms with E-state index in [0.29, 0.717) is 21.9 Å². The molecule has 1 aliphatic rings. The number of fused-ring (bicyclic) bond motifs is 3. The van der Waals surface area contributed by atoms with Gasteiger partial charge in [-0.15, -0.1) is 0 Å². The summed E-state index contributed by atoms with van der Waals surface area (Å²) in [7, 11) is 0. The van der Waals surface area contributed by atoms with Crippen LogP contribution in [0.2, 0.25) is 0 Å². The molecule has 33 heavy (non-hydrogen) atoms. The van der Waals surface area contributed by atoms with Gasteiger partial charge in [0, 0.05) is 11.4 Å². The smallest absolute Gasteiger partial charge is 0.278 e. The van der Waals surface area contributed by atoms with Crippen molar-refractivity contribution >= 4 is 27.8 Å². The average molecular weight is 447 g/mol. The molecule has 1 amide bonds. The third-order valence-electron chi connectivity index (χ3n) is 6.72. The van der Waals surface area contributed by atoms with Gasteiger partial charge in [-0.2, -0.15) is 0 Å². The van der Waals surface area contributed by atoms with Gasteiger partial charge in [0.15, 0.2) is 0 Å². The lowest BCUT2D eigenvalue weighted by atomic mass is 9.95. The van der Waals surface area contributed by atoms with Crippen molar-refractivity contribution in [2.75, 3.05) is 0 Å². The number of rotatable bonds is 5. The Balaban J connectivity index is 1.61. The van der Waals surface area contributed by atoms with Crippen molar-refractivity contribution in [3.05, 3.63) is 76.6 Å². The van der Waals surface area contributed by atoms with Gasteiger partial charge in [0.25, 0.3) is 5.56 Å². The standard InChI is InChI=1S/C26H27FN4O2/c1-17(18-8-4-2-5-9-18)31-16-28-24-21-14-19(27)12-13-22(21)30(25(24)26(31)33)15-23(32)29-20-10-6-3-7-11-20/h2,4-5,8-9,12-14,16-17,20H,3,6-7,10-11,15H2,1H3,(H,29,32). The Bertz CT molecular complexity index is 1370. The molecule has 1 atom stereocenters. The van der Waals surface area contributed by atoms with E-state index in [4.69, 9.17) is 0 Å². The maximum absolute atomic E-state index is 14.1. The van der Waals surface area contributed by atoms with Crippen LogP contribution in [0.25, 0.3) is 21.9 Å². The average Bonchev–Trinajstić information content (AvgIpc) is 3.13. The first-order valence-electron chi connectivity index (χ1n) is 11.6. The van der Waals surface area contributed by atoms with Gasteiger partial charge in [0.2, 0.25) is 5.91 Å². The number of carbonyl (C=O) groups excluding carboxylic acids is 1. The molecule has 1 fully saturated rings. The molecule has 5 rings (SSSR count). The number of aromatic nitrogens is 3. The SMILES string of the molecule is CC(c1ccccc1)n1cnc2c3cc(F)ccc3n(CC(=O)NC3CCCCC3)c2c1=O. The fraction of sp³-hybridized carbons (Fsp3) is 0.346. The fourth-order valence-electron chi connectivity index (χ4n) is 4.95. The summed E-state index contributed by atoms with van der Waals surface area (Å²) in [5.74, 6) is -0.548. The molecule has 4 aromatic rings. The summed E-state index contributed by atoms with van der Waals surface area (Å²) >= 11 is 0. The summed E-state index contributed by atoms with van der Waals surface area (Å²) < 4.78 is 17.3. The van der Waals surface area contributed by atoms with E-state index in [0.717, 1.165) is 31.2 Å². The lowest BCUT2D eigenvalue weighted by Gasteiger charge is -2.23. The molecule has 1 aliphatic carbocycles. The number of halogens is 1. The summed E-state index contributed by atoms with van der Waals surface area (Å²) in [4.78, 5) is 31.2. The van der Waals surface area contributed by atoms with Crippen molar-refractivity contribution in [1.82, 2.24) is 19.4 Å². The summed E-state index contributed by atoms with van der Waals surface area (Å²) in [5, 5.41) is 3.65. The third-order valence-corrected chi connectivity index (χ3v) is 6.72. The number of nitrogens with zero attached hydrogens (tertiary/aromatic N) is 3. The highest BCUT2D eigenvalue weighted by atomic mass is 19.1. The molecule has 170 valence electrons. The molecule has 0 bridgehead atoms. The second-order valence-electron chi connectivity index (χ2n) is 8.89. The first-order valence-corrected chi connectivity index (χ1v) is 11.6. The van der Waals surface area contributed by atoms with Gasteiger partial charge < -0.3 is 9.88 Å². The quantitative estimate of drug-likeness (QED) is 0.489. The van der Waals surface area contributed by atoms with Gasteiger partial charge in [-0.25, -0.2) is 9.37 Å². The van der Waals surface area contributed by atoms with E-state index in [9.17, 15) is 14.0 Å². The van der Waals surface area contributed by atoms with Gasteiger partial charge in [0.1, 0.15) is 23.4 Å². The van der Waals surface area contributed by atoms with E-state index in [1.54, 1.807) is 15.2 Å². The van der Waals surface area contributed by atoms with E-state index >= 15 is 0 Å². The molecular formula is C26H27FN4O2. The predicted molar refractivity (Wildman–Crippen MR) is 127 cm³/mol. The molecule has 6 nitrogen and oxygen atoms in total. The van der Waals surface area contributed by atoms with E-state index in [1.165, 1.54) is 24.9 Å². The van der Waals surface area contributed by atoms with Crippen LogP contribution >= 0.6 is 0 Å². The maximum Gasteiger partial charge on any atom is 0.278 e. The molecule has 0 saturated heterocycles. The van der Waals surface area contributed by atoms with Gasteiger partial charge in [-0.1, -0.05) is 49.6 Å². The predicted octanol–water partition coefficient (Wildman–Crippen LogP) is 4.55. The maximum atomic E-state index is 14.1. The Hall–Kier alpha value is -3.48. The number of hydrogen-bond acceptors (Lipinski definition) is 3. The van der Waals surface area contributed by atoms with E-state index < -0.39 is 5.82 Å². The molecule has 7 heteroatoms. The molecule has 2 aromatic carbocycles. The zero-order chi connectivity index (χ0) is 22.9. The minimum absolute atomic E-state index is 0.0111. The zero-order valence-electron chi connectivity index (χ0n) is 18.6. The fourth-order valence-corrected chi connectivity index (χ4v) is 4.95. The van der Waals surface area contributed by atoms with Crippen molar-refractivity contribution in [2.24, 2.45) is 0 Å². The number of carbonyl (C=O) groups is 1. The highest BCUT2D eigenvalue weighted by Crippen LogP contribution is 2.27. The topological polar surface area (TPSA) is 68.9 Å². The van der Waals surface area contributed by atoms with Crippen LogP contribution in [0.1, 0.15) is 50.6 Å². The molecule has 0 radical (unpaired) electrons. The van der Waals surface area contributed by atoms with Crippen LogP contribution in [0, 0.1) is 5.82 Å². The monoisotopic (exact) mass is 446 g/mol. The molecule has 0 spiro atoms. The Kier molecular flexibility index (Phi) is 5.70. The van der Waals surface area contributed by atoms with Crippen molar-refractivity contribution in [3.8, 4) is 0 Å². The van der Waals surface area contributed by atoms with E-state index in [1.807, 2.05) is 37.3 Å². The Morgan fingerprint density at radius 1 is 1.15 bits per heavy atom. The van der Waals surface area contributed by atoms with Crippen molar-refractivity contribution < 1.29 is 9.18 Å². The highest BCUT2D eigenvalue weighted by Gasteiger charge is 2.22. The molecule has 0 aliphatic heterocycles.